The monoisotopic (exact) mass is 292 g/mol. The maximum Gasteiger partial charge on any atom is 0.337 e. The molecule has 1 fully saturated rings. The molecule has 112 valence electrons. The second-order valence-electron chi connectivity index (χ2n) is 4.49. The lowest BCUT2D eigenvalue weighted by Gasteiger charge is -2.24. The number of benzene rings is 1. The Morgan fingerprint density at radius 3 is 2.76 bits per heavy atom. The van der Waals surface area contributed by atoms with Crippen molar-refractivity contribution in [3.8, 4) is 0 Å². The Kier molecular flexibility index (Phi) is 4.89. The fraction of sp³-hybridized carbons (Fsp3) is 0.357. The van der Waals surface area contributed by atoms with E-state index in [4.69, 9.17) is 4.74 Å². The molecule has 7 heteroatoms. The lowest BCUT2D eigenvalue weighted by Crippen LogP contribution is -2.31. The molecule has 0 N–H and O–H groups in total. The number of rotatable bonds is 4. The number of hydrogen-bond acceptors (Lipinski definition) is 6. The van der Waals surface area contributed by atoms with E-state index < -0.39 is 10.9 Å². The van der Waals surface area contributed by atoms with Gasteiger partial charge in [-0.15, -0.1) is 0 Å². The number of carbonyl (C=O) groups is 1. The van der Waals surface area contributed by atoms with Crippen LogP contribution in [-0.2, 0) is 9.47 Å². The second kappa shape index (κ2) is 6.85. The number of morpholine rings is 1. The Bertz CT molecular complexity index is 564. The summed E-state index contributed by atoms with van der Waals surface area (Å²) in [6.45, 7) is 2.74. The van der Waals surface area contributed by atoms with E-state index in [0.717, 1.165) is 13.1 Å². The van der Waals surface area contributed by atoms with Crippen molar-refractivity contribution < 1.29 is 19.2 Å². The third-order valence-corrected chi connectivity index (χ3v) is 3.16. The number of nitro benzene ring substituents is 1. The van der Waals surface area contributed by atoms with Gasteiger partial charge in [0.2, 0.25) is 0 Å². The topological polar surface area (TPSA) is 81.9 Å². The van der Waals surface area contributed by atoms with Crippen LogP contribution in [-0.4, -0.2) is 49.2 Å². The van der Waals surface area contributed by atoms with Gasteiger partial charge in [0.15, 0.2) is 0 Å². The average Bonchev–Trinajstić information content (AvgIpc) is 2.52. The summed E-state index contributed by atoms with van der Waals surface area (Å²) in [6, 6.07) is 4.15. The molecule has 21 heavy (non-hydrogen) atoms. The van der Waals surface area contributed by atoms with Crippen LogP contribution >= 0.6 is 0 Å². The maximum absolute atomic E-state index is 11.5. The van der Waals surface area contributed by atoms with Crippen molar-refractivity contribution in [1.82, 2.24) is 4.90 Å². The molecular weight excluding hydrogens is 276 g/mol. The van der Waals surface area contributed by atoms with E-state index in [-0.39, 0.29) is 11.3 Å². The number of methoxy groups -OCH3 is 1. The first-order chi connectivity index (χ1) is 10.1. The molecule has 0 atom stereocenters. The van der Waals surface area contributed by atoms with Gasteiger partial charge in [0.25, 0.3) is 5.69 Å². The minimum Gasteiger partial charge on any atom is -0.465 e. The number of nitro groups is 1. The quantitative estimate of drug-likeness (QED) is 0.477. The van der Waals surface area contributed by atoms with Crippen LogP contribution in [0.25, 0.3) is 6.08 Å². The Balaban J connectivity index is 2.27. The normalized spacial score (nSPS) is 15.2. The third-order valence-electron chi connectivity index (χ3n) is 3.16. The van der Waals surface area contributed by atoms with E-state index in [1.165, 1.54) is 25.3 Å². The van der Waals surface area contributed by atoms with Crippen LogP contribution in [0.3, 0.4) is 0 Å². The SMILES string of the molecule is COC(=O)c1ccc([N+](=O)[O-])c(/C=C/N2CCOCC2)c1. The van der Waals surface area contributed by atoms with Crippen molar-refractivity contribution in [1.29, 1.82) is 0 Å². The van der Waals surface area contributed by atoms with E-state index >= 15 is 0 Å². The first kappa shape index (κ1) is 15.0. The smallest absolute Gasteiger partial charge is 0.337 e. The highest BCUT2D eigenvalue weighted by atomic mass is 16.6. The fourth-order valence-electron chi connectivity index (χ4n) is 2.01. The summed E-state index contributed by atoms with van der Waals surface area (Å²) in [6.07, 6.45) is 3.42. The van der Waals surface area contributed by atoms with Gasteiger partial charge < -0.3 is 14.4 Å². The summed E-state index contributed by atoms with van der Waals surface area (Å²) in [7, 11) is 1.27. The molecule has 0 radical (unpaired) electrons. The van der Waals surface area contributed by atoms with Crippen LogP contribution in [0, 0.1) is 10.1 Å². The van der Waals surface area contributed by atoms with Gasteiger partial charge in [-0.1, -0.05) is 0 Å². The largest absolute Gasteiger partial charge is 0.465 e. The van der Waals surface area contributed by atoms with Crippen molar-refractivity contribution in [3.63, 3.8) is 0 Å². The molecule has 1 saturated heterocycles. The Hall–Kier alpha value is -2.41. The van der Waals surface area contributed by atoms with Gasteiger partial charge >= 0.3 is 5.97 Å². The molecule has 7 nitrogen and oxygen atoms in total. The molecule has 1 aromatic carbocycles. The molecule has 0 spiro atoms. The van der Waals surface area contributed by atoms with E-state index in [9.17, 15) is 14.9 Å². The molecule has 0 aromatic heterocycles. The summed E-state index contributed by atoms with van der Waals surface area (Å²) in [5.74, 6) is -0.522. The van der Waals surface area contributed by atoms with E-state index in [2.05, 4.69) is 4.74 Å². The highest BCUT2D eigenvalue weighted by molar-refractivity contribution is 5.90. The van der Waals surface area contributed by atoms with E-state index in [1.807, 2.05) is 4.90 Å². The first-order valence-electron chi connectivity index (χ1n) is 6.48. The molecule has 0 saturated carbocycles. The highest BCUT2D eigenvalue weighted by Gasteiger charge is 2.16. The molecule has 0 unspecified atom stereocenters. The van der Waals surface area contributed by atoms with Gasteiger partial charge in [-0.2, -0.15) is 0 Å². The highest BCUT2D eigenvalue weighted by Crippen LogP contribution is 2.22. The van der Waals surface area contributed by atoms with Gasteiger partial charge in [0.1, 0.15) is 0 Å². The van der Waals surface area contributed by atoms with Crippen molar-refractivity contribution in [2.75, 3.05) is 33.4 Å². The van der Waals surface area contributed by atoms with Gasteiger partial charge in [-0.25, -0.2) is 4.79 Å². The predicted octanol–water partition coefficient (Wildman–Crippen LogP) is 1.68. The molecule has 2 rings (SSSR count). The third kappa shape index (κ3) is 3.79. The average molecular weight is 292 g/mol. The Morgan fingerprint density at radius 1 is 1.43 bits per heavy atom. The van der Waals surface area contributed by atoms with Gasteiger partial charge in [-0.3, -0.25) is 10.1 Å². The van der Waals surface area contributed by atoms with Crippen molar-refractivity contribution in [2.24, 2.45) is 0 Å². The predicted molar refractivity (Wildman–Crippen MR) is 75.9 cm³/mol. The Morgan fingerprint density at radius 2 is 2.14 bits per heavy atom. The van der Waals surface area contributed by atoms with Crippen molar-refractivity contribution >= 4 is 17.7 Å². The van der Waals surface area contributed by atoms with E-state index in [1.54, 1.807) is 12.3 Å². The van der Waals surface area contributed by atoms with Crippen molar-refractivity contribution in [2.45, 2.75) is 0 Å². The number of nitrogens with zero attached hydrogens (tertiary/aromatic N) is 2. The van der Waals surface area contributed by atoms with Crippen LogP contribution in [0.4, 0.5) is 5.69 Å². The number of carbonyl (C=O) groups excluding carboxylic acids is 1. The lowest BCUT2D eigenvalue weighted by atomic mass is 10.1. The molecular formula is C14H16N2O5. The van der Waals surface area contributed by atoms with Crippen LogP contribution in [0.5, 0.6) is 0 Å². The molecule has 1 aliphatic heterocycles. The molecule has 0 bridgehead atoms. The minimum absolute atomic E-state index is 0.0489. The molecule has 1 heterocycles. The van der Waals surface area contributed by atoms with Crippen LogP contribution in [0.1, 0.15) is 15.9 Å². The van der Waals surface area contributed by atoms with Gasteiger partial charge in [0.05, 0.1) is 36.4 Å². The zero-order chi connectivity index (χ0) is 15.2. The number of esters is 1. The minimum atomic E-state index is -0.522. The van der Waals surface area contributed by atoms with Crippen molar-refractivity contribution in [3.05, 3.63) is 45.6 Å². The zero-order valence-electron chi connectivity index (χ0n) is 11.7. The summed E-state index contributed by atoms with van der Waals surface area (Å²) in [5, 5.41) is 11.0. The zero-order valence-corrected chi connectivity index (χ0v) is 11.7. The number of hydrogen-bond donors (Lipinski definition) is 0. The standard InChI is InChI=1S/C14H16N2O5/c1-20-14(17)12-2-3-13(16(18)19)11(10-12)4-5-15-6-8-21-9-7-15/h2-5,10H,6-9H2,1H3/b5-4+. The van der Waals surface area contributed by atoms with E-state index in [0.29, 0.717) is 18.8 Å². The molecule has 0 aliphatic carbocycles. The summed E-state index contributed by atoms with van der Waals surface area (Å²) in [4.78, 5) is 24.1. The fourth-order valence-corrected chi connectivity index (χ4v) is 2.01. The molecule has 0 amide bonds. The second-order valence-corrected chi connectivity index (χ2v) is 4.49. The number of ether oxygens (including phenoxy) is 2. The summed E-state index contributed by atoms with van der Waals surface area (Å²) in [5.41, 5.74) is 0.603. The summed E-state index contributed by atoms with van der Waals surface area (Å²) >= 11 is 0. The van der Waals surface area contributed by atoms with Crippen LogP contribution in [0.2, 0.25) is 0 Å². The van der Waals surface area contributed by atoms with Gasteiger partial charge in [0, 0.05) is 25.4 Å². The first-order valence-corrected chi connectivity index (χ1v) is 6.48. The molecule has 1 aromatic rings. The van der Waals surface area contributed by atoms with Crippen LogP contribution < -0.4 is 0 Å². The maximum atomic E-state index is 11.5. The van der Waals surface area contributed by atoms with Crippen LogP contribution in [0.15, 0.2) is 24.4 Å². The Labute approximate surface area is 121 Å². The molecule has 1 aliphatic rings. The summed E-state index contributed by atoms with van der Waals surface area (Å²) < 4.78 is 9.86. The van der Waals surface area contributed by atoms with Gasteiger partial charge in [-0.05, 0) is 18.2 Å². The lowest BCUT2D eigenvalue weighted by molar-refractivity contribution is -0.385.